The van der Waals surface area contributed by atoms with Crippen molar-refractivity contribution in [3.8, 4) is 0 Å². The molecule has 1 N–H and O–H groups in total. The van der Waals surface area contributed by atoms with Crippen LogP contribution < -0.4 is 5.32 Å². The summed E-state index contributed by atoms with van der Waals surface area (Å²) in [6.45, 7) is 15.9. The zero-order valence-electron chi connectivity index (χ0n) is 20.6. The summed E-state index contributed by atoms with van der Waals surface area (Å²) < 4.78 is 5.49. The minimum atomic E-state index is 0. The van der Waals surface area contributed by atoms with Gasteiger partial charge in [-0.25, -0.2) is 0 Å². The van der Waals surface area contributed by atoms with Gasteiger partial charge in [-0.1, -0.05) is 12.8 Å². The molecule has 1 saturated carbocycles. The van der Waals surface area contributed by atoms with Gasteiger partial charge < -0.3 is 19.9 Å². The largest absolute Gasteiger partial charge is 0.379 e. The maximum absolute atomic E-state index is 12.6. The number of carbonyl (C=O) groups excluding carboxylic acids is 1. The van der Waals surface area contributed by atoms with E-state index in [4.69, 9.17) is 9.73 Å². The van der Waals surface area contributed by atoms with E-state index in [-0.39, 0.29) is 24.0 Å². The number of piperazine rings is 1. The first kappa shape index (κ1) is 26.9. The van der Waals surface area contributed by atoms with Gasteiger partial charge in [-0.3, -0.25) is 19.6 Å². The van der Waals surface area contributed by atoms with E-state index in [1.165, 1.54) is 25.8 Å². The maximum Gasteiger partial charge on any atom is 0.225 e. The third kappa shape index (κ3) is 7.93. The monoisotopic (exact) mass is 576 g/mol. The molecule has 1 aliphatic carbocycles. The van der Waals surface area contributed by atoms with Crippen molar-refractivity contribution in [2.75, 3.05) is 91.8 Å². The summed E-state index contributed by atoms with van der Waals surface area (Å²) in [5.74, 6) is 2.52. The van der Waals surface area contributed by atoms with Crippen LogP contribution in [0.5, 0.6) is 0 Å². The lowest BCUT2D eigenvalue weighted by Gasteiger charge is -2.35. The Kier molecular flexibility index (Phi) is 11.5. The highest BCUT2D eigenvalue weighted by Crippen LogP contribution is 2.27. The van der Waals surface area contributed by atoms with E-state index in [0.29, 0.717) is 11.8 Å². The minimum Gasteiger partial charge on any atom is -0.379 e. The molecule has 3 aliphatic heterocycles. The lowest BCUT2D eigenvalue weighted by Crippen LogP contribution is -2.50. The fourth-order valence-corrected chi connectivity index (χ4v) is 5.67. The average Bonchev–Trinajstić information content (AvgIpc) is 3.52. The predicted octanol–water partition coefficient (Wildman–Crippen LogP) is 1.56. The zero-order valence-corrected chi connectivity index (χ0v) is 22.9. The number of guanidine groups is 1. The van der Waals surface area contributed by atoms with Crippen LogP contribution in [0.25, 0.3) is 0 Å². The van der Waals surface area contributed by atoms with Crippen molar-refractivity contribution >= 4 is 35.8 Å². The van der Waals surface area contributed by atoms with Crippen LogP contribution in [0.3, 0.4) is 0 Å². The fourth-order valence-electron chi connectivity index (χ4n) is 5.67. The number of carbonyl (C=O) groups is 1. The third-order valence-electron chi connectivity index (χ3n) is 7.61. The molecule has 190 valence electrons. The van der Waals surface area contributed by atoms with Gasteiger partial charge in [0.2, 0.25) is 5.91 Å². The van der Waals surface area contributed by atoms with E-state index in [2.05, 4.69) is 31.8 Å². The Morgan fingerprint density at radius 1 is 0.939 bits per heavy atom. The first-order valence-electron chi connectivity index (χ1n) is 13.1. The first-order chi connectivity index (χ1) is 15.7. The number of rotatable bonds is 7. The van der Waals surface area contributed by atoms with Crippen molar-refractivity contribution in [2.45, 2.75) is 39.0 Å². The van der Waals surface area contributed by atoms with Gasteiger partial charge in [-0.15, -0.1) is 24.0 Å². The number of amides is 1. The number of ether oxygens (including phenoxy) is 1. The van der Waals surface area contributed by atoms with Crippen LogP contribution in [-0.4, -0.2) is 123 Å². The molecule has 33 heavy (non-hydrogen) atoms. The van der Waals surface area contributed by atoms with E-state index in [0.717, 1.165) is 110 Å². The molecule has 1 amide bonds. The van der Waals surface area contributed by atoms with Gasteiger partial charge in [0.15, 0.2) is 5.96 Å². The van der Waals surface area contributed by atoms with Crippen LogP contribution in [0, 0.1) is 11.8 Å². The Balaban J connectivity index is 0.00000306. The number of likely N-dealkylation sites (tertiary alicyclic amines) is 1. The normalized spacial score (nSPS) is 26.0. The molecule has 4 rings (SSSR count). The first-order valence-corrected chi connectivity index (χ1v) is 13.1. The maximum atomic E-state index is 12.6. The van der Waals surface area contributed by atoms with Gasteiger partial charge in [0.1, 0.15) is 0 Å². The number of hydrogen-bond donors (Lipinski definition) is 1. The van der Waals surface area contributed by atoms with Crippen molar-refractivity contribution in [3.63, 3.8) is 0 Å². The SMILES string of the molecule is CCNC(=NCCN1CCN(C(=O)C2CCCC2)CC1)N1CCC(CN2CCOCC2)C1.I. The van der Waals surface area contributed by atoms with Crippen LogP contribution in [0.2, 0.25) is 0 Å². The summed E-state index contributed by atoms with van der Waals surface area (Å²) in [6, 6.07) is 0. The van der Waals surface area contributed by atoms with E-state index in [9.17, 15) is 4.79 Å². The summed E-state index contributed by atoms with van der Waals surface area (Å²) in [5, 5.41) is 3.51. The molecule has 3 heterocycles. The van der Waals surface area contributed by atoms with Crippen molar-refractivity contribution in [2.24, 2.45) is 16.8 Å². The van der Waals surface area contributed by atoms with E-state index < -0.39 is 0 Å². The van der Waals surface area contributed by atoms with Gasteiger partial charge in [-0.2, -0.15) is 0 Å². The molecule has 1 unspecified atom stereocenters. The summed E-state index contributed by atoms with van der Waals surface area (Å²) in [5.41, 5.74) is 0. The van der Waals surface area contributed by atoms with Crippen LogP contribution >= 0.6 is 24.0 Å². The molecule has 0 aromatic rings. The van der Waals surface area contributed by atoms with Gasteiger partial charge in [-0.05, 0) is 32.1 Å². The third-order valence-corrected chi connectivity index (χ3v) is 7.61. The van der Waals surface area contributed by atoms with Gasteiger partial charge in [0, 0.05) is 77.9 Å². The number of aliphatic imine (C=N–C) groups is 1. The second-order valence-corrected chi connectivity index (χ2v) is 9.90. The Morgan fingerprint density at radius 3 is 2.36 bits per heavy atom. The zero-order chi connectivity index (χ0) is 22.2. The minimum absolute atomic E-state index is 0. The highest BCUT2D eigenvalue weighted by atomic mass is 127. The predicted molar refractivity (Wildman–Crippen MR) is 143 cm³/mol. The lowest BCUT2D eigenvalue weighted by molar-refractivity contribution is -0.137. The molecule has 4 aliphatic rings. The molecule has 0 bridgehead atoms. The quantitative estimate of drug-likeness (QED) is 0.282. The number of morpholine rings is 1. The van der Waals surface area contributed by atoms with Crippen molar-refractivity contribution < 1.29 is 9.53 Å². The molecular formula is C24H45IN6O2. The summed E-state index contributed by atoms with van der Waals surface area (Å²) >= 11 is 0. The van der Waals surface area contributed by atoms with Crippen molar-refractivity contribution in [1.29, 1.82) is 0 Å². The Labute approximate surface area is 217 Å². The average molecular weight is 577 g/mol. The van der Waals surface area contributed by atoms with E-state index >= 15 is 0 Å². The van der Waals surface area contributed by atoms with Crippen molar-refractivity contribution in [3.05, 3.63) is 0 Å². The molecule has 1 atom stereocenters. The summed E-state index contributed by atoms with van der Waals surface area (Å²) in [4.78, 5) is 27.2. The Bertz CT molecular complexity index is 616. The van der Waals surface area contributed by atoms with Crippen molar-refractivity contribution in [1.82, 2.24) is 24.9 Å². The second kappa shape index (κ2) is 14.0. The van der Waals surface area contributed by atoms with Crippen LogP contribution in [0.1, 0.15) is 39.0 Å². The fraction of sp³-hybridized carbons (Fsp3) is 0.917. The van der Waals surface area contributed by atoms with Crippen LogP contribution in [0.15, 0.2) is 4.99 Å². The van der Waals surface area contributed by atoms with E-state index in [1.54, 1.807) is 0 Å². The van der Waals surface area contributed by atoms with Gasteiger partial charge in [0.25, 0.3) is 0 Å². The molecule has 9 heteroatoms. The number of nitrogens with one attached hydrogen (secondary N) is 1. The highest BCUT2D eigenvalue weighted by molar-refractivity contribution is 14.0. The standard InChI is InChI=1S/C24H44N6O2.HI/c1-2-25-24(30-9-7-21(20-30)19-28-15-17-32-18-16-28)26-8-10-27-11-13-29(14-12-27)23(31)22-5-3-4-6-22;/h21-22H,2-20H2,1H3,(H,25,26);1H. The van der Waals surface area contributed by atoms with Gasteiger partial charge in [0.05, 0.1) is 19.8 Å². The van der Waals surface area contributed by atoms with E-state index in [1.807, 2.05) is 0 Å². The highest BCUT2D eigenvalue weighted by Gasteiger charge is 2.30. The Morgan fingerprint density at radius 2 is 1.67 bits per heavy atom. The van der Waals surface area contributed by atoms with Gasteiger partial charge >= 0.3 is 0 Å². The molecule has 4 fully saturated rings. The molecule has 0 aromatic carbocycles. The summed E-state index contributed by atoms with van der Waals surface area (Å²) in [6.07, 6.45) is 5.91. The molecule has 0 radical (unpaired) electrons. The number of nitrogens with zero attached hydrogens (tertiary/aromatic N) is 5. The molecule has 8 nitrogen and oxygen atoms in total. The molecular weight excluding hydrogens is 531 g/mol. The molecule has 0 spiro atoms. The topological polar surface area (TPSA) is 63.7 Å². The molecule has 3 saturated heterocycles. The Hall–Kier alpha value is -0.650. The van der Waals surface area contributed by atoms with Crippen LogP contribution in [0.4, 0.5) is 0 Å². The second-order valence-electron chi connectivity index (χ2n) is 9.90. The number of hydrogen-bond acceptors (Lipinski definition) is 5. The number of halogens is 1. The van der Waals surface area contributed by atoms with Crippen LogP contribution in [-0.2, 0) is 9.53 Å². The molecule has 0 aromatic heterocycles. The smallest absolute Gasteiger partial charge is 0.225 e. The summed E-state index contributed by atoms with van der Waals surface area (Å²) in [7, 11) is 0. The lowest BCUT2D eigenvalue weighted by atomic mass is 10.1.